The molecular formula is C14H17Cl2N3. The van der Waals surface area contributed by atoms with Crippen molar-refractivity contribution >= 4 is 40.7 Å². The molecule has 0 radical (unpaired) electrons. The van der Waals surface area contributed by atoms with Crippen LogP contribution in [0.25, 0.3) is 10.9 Å². The quantitative estimate of drug-likeness (QED) is 0.877. The van der Waals surface area contributed by atoms with Crippen LogP contribution in [0.5, 0.6) is 0 Å². The number of halogens is 2. The number of fused-ring (bicyclic) bond motifs is 1. The number of piperazine rings is 1. The van der Waals surface area contributed by atoms with Crippen LogP contribution >= 0.6 is 24.0 Å². The van der Waals surface area contributed by atoms with Gasteiger partial charge in [0.2, 0.25) is 0 Å². The largest absolute Gasteiger partial charge is 0.353 e. The van der Waals surface area contributed by atoms with Crippen LogP contribution in [0.1, 0.15) is 5.56 Å². The summed E-state index contributed by atoms with van der Waals surface area (Å²) in [6.07, 6.45) is 0. The number of pyridine rings is 1. The highest BCUT2D eigenvalue weighted by Crippen LogP contribution is 2.29. The van der Waals surface area contributed by atoms with E-state index >= 15 is 0 Å². The predicted octanol–water partition coefficient (Wildman–Crippen LogP) is 3.03. The molecule has 1 aromatic carbocycles. The molecule has 1 saturated heterocycles. The van der Waals surface area contributed by atoms with Crippen molar-refractivity contribution < 1.29 is 0 Å². The minimum Gasteiger partial charge on any atom is -0.353 e. The van der Waals surface area contributed by atoms with Gasteiger partial charge in [-0.15, -0.1) is 12.4 Å². The number of rotatable bonds is 1. The van der Waals surface area contributed by atoms with Crippen molar-refractivity contribution in [3.05, 3.63) is 34.9 Å². The average molecular weight is 298 g/mol. The number of nitrogens with zero attached hydrogens (tertiary/aromatic N) is 2. The van der Waals surface area contributed by atoms with E-state index in [4.69, 9.17) is 16.6 Å². The molecule has 1 aromatic heterocycles. The number of hydrogen-bond acceptors (Lipinski definition) is 3. The van der Waals surface area contributed by atoms with E-state index in [9.17, 15) is 0 Å². The van der Waals surface area contributed by atoms with E-state index in [1.807, 2.05) is 12.1 Å². The molecule has 1 aliphatic heterocycles. The predicted molar refractivity (Wildman–Crippen MR) is 83.8 cm³/mol. The Labute approximate surface area is 124 Å². The molecule has 2 aromatic rings. The number of aryl methyl sites for hydroxylation is 1. The Morgan fingerprint density at radius 1 is 1.26 bits per heavy atom. The van der Waals surface area contributed by atoms with Crippen molar-refractivity contribution in [3.63, 3.8) is 0 Å². The number of benzene rings is 1. The second kappa shape index (κ2) is 5.95. The molecule has 19 heavy (non-hydrogen) atoms. The summed E-state index contributed by atoms with van der Waals surface area (Å²) in [5, 5.41) is 5.20. The maximum absolute atomic E-state index is 6.36. The lowest BCUT2D eigenvalue weighted by atomic mass is 10.1. The molecule has 1 aliphatic rings. The van der Waals surface area contributed by atoms with Gasteiger partial charge in [0.1, 0.15) is 5.82 Å². The smallest absolute Gasteiger partial charge is 0.148 e. The van der Waals surface area contributed by atoms with Crippen LogP contribution in [0.4, 0.5) is 5.82 Å². The molecular weight excluding hydrogens is 281 g/mol. The Balaban J connectivity index is 0.00000133. The van der Waals surface area contributed by atoms with Crippen LogP contribution in [0.3, 0.4) is 0 Å². The Bertz CT molecular complexity index is 580. The van der Waals surface area contributed by atoms with E-state index in [0.717, 1.165) is 47.9 Å². The summed E-state index contributed by atoms with van der Waals surface area (Å²) < 4.78 is 0. The summed E-state index contributed by atoms with van der Waals surface area (Å²) in [4.78, 5) is 7.02. The van der Waals surface area contributed by atoms with Gasteiger partial charge in [0.05, 0.1) is 10.5 Å². The van der Waals surface area contributed by atoms with Gasteiger partial charge in [-0.05, 0) is 18.6 Å². The van der Waals surface area contributed by atoms with Gasteiger partial charge < -0.3 is 10.2 Å². The molecule has 3 nitrogen and oxygen atoms in total. The number of anilines is 1. The second-order valence-electron chi connectivity index (χ2n) is 4.68. The fourth-order valence-electron chi connectivity index (χ4n) is 2.41. The van der Waals surface area contributed by atoms with Gasteiger partial charge in [-0.3, -0.25) is 0 Å². The highest BCUT2D eigenvalue weighted by Gasteiger charge is 2.16. The summed E-state index contributed by atoms with van der Waals surface area (Å²) >= 11 is 6.36. The van der Waals surface area contributed by atoms with Crippen LogP contribution < -0.4 is 10.2 Å². The monoisotopic (exact) mass is 297 g/mol. The lowest BCUT2D eigenvalue weighted by Crippen LogP contribution is -2.44. The van der Waals surface area contributed by atoms with Crippen LogP contribution in [0.15, 0.2) is 24.3 Å². The second-order valence-corrected chi connectivity index (χ2v) is 5.08. The lowest BCUT2D eigenvalue weighted by molar-refractivity contribution is 0.585. The van der Waals surface area contributed by atoms with Gasteiger partial charge in [-0.25, -0.2) is 4.98 Å². The number of para-hydroxylation sites is 1. The number of hydrogen-bond donors (Lipinski definition) is 1. The first kappa shape index (κ1) is 14.4. The molecule has 0 aliphatic carbocycles. The normalized spacial score (nSPS) is 15.4. The van der Waals surface area contributed by atoms with Crippen LogP contribution in [0.2, 0.25) is 5.02 Å². The van der Waals surface area contributed by atoms with Crippen molar-refractivity contribution in [1.29, 1.82) is 0 Å². The zero-order chi connectivity index (χ0) is 12.5. The lowest BCUT2D eigenvalue weighted by Gasteiger charge is -2.29. The Kier molecular flexibility index (Phi) is 4.50. The average Bonchev–Trinajstić information content (AvgIpc) is 2.39. The summed E-state index contributed by atoms with van der Waals surface area (Å²) in [5.41, 5.74) is 2.25. The Hall–Kier alpha value is -1.03. The van der Waals surface area contributed by atoms with E-state index in [1.165, 1.54) is 5.56 Å². The maximum Gasteiger partial charge on any atom is 0.148 e. The van der Waals surface area contributed by atoms with Crippen molar-refractivity contribution in [1.82, 2.24) is 10.3 Å². The Morgan fingerprint density at radius 3 is 2.74 bits per heavy atom. The van der Waals surface area contributed by atoms with E-state index in [2.05, 4.69) is 29.3 Å². The van der Waals surface area contributed by atoms with E-state index in [-0.39, 0.29) is 12.4 Å². The van der Waals surface area contributed by atoms with Crippen molar-refractivity contribution in [2.45, 2.75) is 6.92 Å². The molecule has 3 rings (SSSR count). The minimum absolute atomic E-state index is 0. The molecule has 5 heteroatoms. The molecule has 102 valence electrons. The van der Waals surface area contributed by atoms with Gasteiger partial charge >= 0.3 is 0 Å². The third kappa shape index (κ3) is 2.78. The first-order chi connectivity index (χ1) is 8.75. The molecule has 1 fully saturated rings. The van der Waals surface area contributed by atoms with Crippen molar-refractivity contribution in [3.8, 4) is 0 Å². The molecule has 0 bridgehead atoms. The first-order valence-electron chi connectivity index (χ1n) is 6.27. The van der Waals surface area contributed by atoms with Gasteiger partial charge in [0.25, 0.3) is 0 Å². The molecule has 2 heterocycles. The highest BCUT2D eigenvalue weighted by atomic mass is 35.5. The summed E-state index contributed by atoms with van der Waals surface area (Å²) in [6, 6.07) is 8.21. The van der Waals surface area contributed by atoms with Gasteiger partial charge in [-0.1, -0.05) is 29.8 Å². The van der Waals surface area contributed by atoms with Crippen LogP contribution in [-0.4, -0.2) is 31.2 Å². The van der Waals surface area contributed by atoms with Crippen molar-refractivity contribution in [2.75, 3.05) is 31.1 Å². The molecule has 0 unspecified atom stereocenters. The highest BCUT2D eigenvalue weighted by molar-refractivity contribution is 6.33. The molecule has 1 N–H and O–H groups in total. The molecule has 0 atom stereocenters. The topological polar surface area (TPSA) is 28.2 Å². The third-order valence-corrected chi connectivity index (χ3v) is 3.68. The number of aromatic nitrogens is 1. The Morgan fingerprint density at radius 2 is 2.00 bits per heavy atom. The fourth-order valence-corrected chi connectivity index (χ4v) is 2.69. The molecule has 0 saturated carbocycles. The van der Waals surface area contributed by atoms with Gasteiger partial charge in [0.15, 0.2) is 0 Å². The molecule has 0 amide bonds. The first-order valence-corrected chi connectivity index (χ1v) is 6.65. The van der Waals surface area contributed by atoms with E-state index in [0.29, 0.717) is 0 Å². The zero-order valence-corrected chi connectivity index (χ0v) is 12.4. The fraction of sp³-hybridized carbons (Fsp3) is 0.357. The third-order valence-electron chi connectivity index (χ3n) is 3.40. The summed E-state index contributed by atoms with van der Waals surface area (Å²) in [6.45, 7) is 5.99. The van der Waals surface area contributed by atoms with Crippen LogP contribution in [0, 0.1) is 6.92 Å². The standard InChI is InChI=1S/C14H16ClN3.ClH/c1-10-3-2-4-11-9-12(15)14(17-13(10)11)18-7-5-16-6-8-18;/h2-4,9,16H,5-8H2,1H3;1H. The minimum atomic E-state index is 0. The van der Waals surface area contributed by atoms with E-state index in [1.54, 1.807) is 0 Å². The van der Waals surface area contributed by atoms with E-state index < -0.39 is 0 Å². The van der Waals surface area contributed by atoms with Crippen molar-refractivity contribution in [2.24, 2.45) is 0 Å². The SMILES string of the molecule is Cc1cccc2cc(Cl)c(N3CCNCC3)nc12.Cl. The summed E-state index contributed by atoms with van der Waals surface area (Å²) in [7, 11) is 0. The number of nitrogens with one attached hydrogen (secondary N) is 1. The maximum atomic E-state index is 6.36. The van der Waals surface area contributed by atoms with Gasteiger partial charge in [-0.2, -0.15) is 0 Å². The zero-order valence-electron chi connectivity index (χ0n) is 10.8. The van der Waals surface area contributed by atoms with Crippen LogP contribution in [-0.2, 0) is 0 Å². The van der Waals surface area contributed by atoms with Gasteiger partial charge in [0, 0.05) is 31.6 Å². The summed E-state index contributed by atoms with van der Waals surface area (Å²) in [5.74, 6) is 0.917. The molecule has 0 spiro atoms.